The van der Waals surface area contributed by atoms with E-state index < -0.39 is 6.09 Å². The first-order valence-corrected chi connectivity index (χ1v) is 7.53. The Balaban J connectivity index is 1.55. The van der Waals surface area contributed by atoms with E-state index in [0.29, 0.717) is 12.3 Å². The fourth-order valence-corrected chi connectivity index (χ4v) is 2.30. The summed E-state index contributed by atoms with van der Waals surface area (Å²) in [4.78, 5) is 24.5. The van der Waals surface area contributed by atoms with Crippen LogP contribution in [0.4, 0.5) is 16.3 Å². The highest BCUT2D eigenvalue weighted by Crippen LogP contribution is 2.27. The molecular weight excluding hydrogens is 314 g/mol. The van der Waals surface area contributed by atoms with Crippen molar-refractivity contribution in [2.45, 2.75) is 19.9 Å². The number of amides is 2. The Morgan fingerprint density at radius 1 is 1.38 bits per heavy atom. The van der Waals surface area contributed by atoms with Crippen LogP contribution < -0.4 is 15.4 Å². The van der Waals surface area contributed by atoms with Gasteiger partial charge in [-0.2, -0.15) is 9.90 Å². The molecule has 0 saturated heterocycles. The number of nitrogens with one attached hydrogen (secondary N) is 2. The zero-order chi connectivity index (χ0) is 16.9. The van der Waals surface area contributed by atoms with Gasteiger partial charge in [0.2, 0.25) is 5.91 Å². The third-order valence-electron chi connectivity index (χ3n) is 3.30. The smallest absolute Gasteiger partial charge is 0.412 e. The number of benzene rings is 1. The van der Waals surface area contributed by atoms with Crippen LogP contribution in [-0.2, 0) is 22.5 Å². The first-order valence-electron chi connectivity index (χ1n) is 7.53. The number of aromatic nitrogens is 3. The molecule has 1 aromatic carbocycles. The molecule has 2 amide bonds. The second-order valence-corrected chi connectivity index (χ2v) is 5.07. The lowest BCUT2D eigenvalue weighted by Crippen LogP contribution is -2.20. The lowest BCUT2D eigenvalue weighted by Gasteiger charge is -2.06. The number of nitrogens with zero attached hydrogens (tertiary/aromatic N) is 3. The summed E-state index contributed by atoms with van der Waals surface area (Å²) in [5.74, 6) is 0.805. The van der Waals surface area contributed by atoms with Crippen molar-refractivity contribution in [3.63, 3.8) is 0 Å². The van der Waals surface area contributed by atoms with Gasteiger partial charge < -0.3 is 14.8 Å². The van der Waals surface area contributed by atoms with Gasteiger partial charge in [0.1, 0.15) is 12.3 Å². The standard InChI is InChI=1S/C15H17N5O4/c1-2-23-15(22)18-13-8-16-20(19-13)9-14(21)17-11-3-4-12-10(7-11)5-6-24-12/h3-4,7-8H,2,5-6,9H2,1H3,(H,17,21)(H,18,19,22). The van der Waals surface area contributed by atoms with Crippen molar-refractivity contribution in [3.05, 3.63) is 30.0 Å². The molecule has 2 aromatic rings. The van der Waals surface area contributed by atoms with E-state index in [1.807, 2.05) is 12.1 Å². The van der Waals surface area contributed by atoms with E-state index in [-0.39, 0.29) is 24.9 Å². The molecule has 0 aliphatic carbocycles. The number of anilines is 2. The highest BCUT2D eigenvalue weighted by molar-refractivity contribution is 5.90. The average molecular weight is 331 g/mol. The maximum atomic E-state index is 12.1. The van der Waals surface area contributed by atoms with Crippen molar-refractivity contribution >= 4 is 23.5 Å². The van der Waals surface area contributed by atoms with Crippen molar-refractivity contribution < 1.29 is 19.1 Å². The second kappa shape index (κ2) is 6.99. The van der Waals surface area contributed by atoms with Gasteiger partial charge in [-0.3, -0.25) is 10.1 Å². The Bertz CT molecular complexity index is 758. The molecule has 0 radical (unpaired) electrons. The summed E-state index contributed by atoms with van der Waals surface area (Å²) in [7, 11) is 0. The largest absolute Gasteiger partial charge is 0.493 e. The highest BCUT2D eigenvalue weighted by Gasteiger charge is 2.14. The van der Waals surface area contributed by atoms with Gasteiger partial charge in [0, 0.05) is 12.1 Å². The normalized spacial score (nSPS) is 12.2. The van der Waals surface area contributed by atoms with Gasteiger partial charge in [-0.25, -0.2) is 4.79 Å². The molecular formula is C15H17N5O4. The van der Waals surface area contributed by atoms with E-state index in [1.165, 1.54) is 11.0 Å². The lowest BCUT2D eigenvalue weighted by molar-refractivity contribution is -0.117. The Morgan fingerprint density at radius 2 is 2.25 bits per heavy atom. The van der Waals surface area contributed by atoms with Crippen LogP contribution in [0.25, 0.3) is 0 Å². The van der Waals surface area contributed by atoms with Crippen molar-refractivity contribution in [1.82, 2.24) is 15.0 Å². The average Bonchev–Trinajstić information content (AvgIpc) is 3.16. The molecule has 0 unspecified atom stereocenters. The zero-order valence-electron chi connectivity index (χ0n) is 13.1. The molecule has 2 N–H and O–H groups in total. The van der Waals surface area contributed by atoms with Crippen LogP contribution in [0.5, 0.6) is 5.75 Å². The maximum absolute atomic E-state index is 12.1. The van der Waals surface area contributed by atoms with Crippen molar-refractivity contribution in [1.29, 1.82) is 0 Å². The monoisotopic (exact) mass is 331 g/mol. The molecule has 9 heteroatoms. The van der Waals surface area contributed by atoms with Gasteiger partial charge in [0.25, 0.3) is 0 Å². The molecule has 0 atom stereocenters. The minimum Gasteiger partial charge on any atom is -0.493 e. The third-order valence-corrected chi connectivity index (χ3v) is 3.30. The fraction of sp³-hybridized carbons (Fsp3) is 0.333. The predicted molar refractivity (Wildman–Crippen MR) is 84.9 cm³/mol. The van der Waals surface area contributed by atoms with Crippen LogP contribution in [0.1, 0.15) is 12.5 Å². The van der Waals surface area contributed by atoms with E-state index >= 15 is 0 Å². The number of hydrogen-bond donors (Lipinski definition) is 2. The minimum absolute atomic E-state index is 0.0713. The van der Waals surface area contributed by atoms with E-state index in [1.54, 1.807) is 13.0 Å². The summed E-state index contributed by atoms with van der Waals surface area (Å²) in [6, 6.07) is 5.52. The summed E-state index contributed by atoms with van der Waals surface area (Å²) in [6.45, 7) is 2.55. The van der Waals surface area contributed by atoms with Crippen molar-refractivity contribution in [2.24, 2.45) is 0 Å². The minimum atomic E-state index is -0.616. The fourth-order valence-electron chi connectivity index (χ4n) is 2.30. The third kappa shape index (κ3) is 3.80. The number of rotatable bonds is 5. The number of ether oxygens (including phenoxy) is 2. The van der Waals surface area contributed by atoms with E-state index in [2.05, 4.69) is 20.8 Å². The molecule has 2 heterocycles. The molecule has 9 nitrogen and oxygen atoms in total. The van der Waals surface area contributed by atoms with E-state index in [0.717, 1.165) is 17.7 Å². The summed E-state index contributed by atoms with van der Waals surface area (Å²) in [6.07, 6.45) is 1.56. The van der Waals surface area contributed by atoms with Gasteiger partial charge in [-0.05, 0) is 30.7 Å². The Kier molecular flexibility index (Phi) is 4.59. The zero-order valence-corrected chi connectivity index (χ0v) is 13.1. The van der Waals surface area contributed by atoms with Gasteiger partial charge in [-0.15, -0.1) is 5.10 Å². The van der Waals surface area contributed by atoms with Crippen molar-refractivity contribution in [2.75, 3.05) is 23.8 Å². The van der Waals surface area contributed by atoms with E-state index in [9.17, 15) is 9.59 Å². The Morgan fingerprint density at radius 3 is 3.08 bits per heavy atom. The van der Waals surface area contributed by atoms with Crippen LogP contribution in [0.2, 0.25) is 0 Å². The molecule has 1 aromatic heterocycles. The van der Waals surface area contributed by atoms with Gasteiger partial charge in [0.05, 0.1) is 19.4 Å². The Labute approximate surface area is 137 Å². The number of carbonyl (C=O) groups is 2. The van der Waals surface area contributed by atoms with Crippen LogP contribution in [0.15, 0.2) is 24.4 Å². The number of carbonyl (C=O) groups excluding carboxylic acids is 2. The van der Waals surface area contributed by atoms with Crippen molar-refractivity contribution in [3.8, 4) is 5.75 Å². The molecule has 0 spiro atoms. The van der Waals surface area contributed by atoms with Crippen LogP contribution >= 0.6 is 0 Å². The summed E-state index contributed by atoms with van der Waals surface area (Å²) >= 11 is 0. The van der Waals surface area contributed by atoms with Crippen LogP contribution in [0, 0.1) is 0 Å². The molecule has 0 saturated carbocycles. The first kappa shape index (κ1) is 15.8. The highest BCUT2D eigenvalue weighted by atomic mass is 16.5. The van der Waals surface area contributed by atoms with Crippen LogP contribution in [0.3, 0.4) is 0 Å². The molecule has 0 fully saturated rings. The number of fused-ring (bicyclic) bond motifs is 1. The maximum Gasteiger partial charge on any atom is 0.412 e. The molecule has 126 valence electrons. The SMILES string of the molecule is CCOC(=O)Nc1cnn(CC(=O)Nc2ccc3c(c2)CCO3)n1. The summed E-state index contributed by atoms with van der Waals surface area (Å²) in [5.41, 5.74) is 1.77. The number of hydrogen-bond acceptors (Lipinski definition) is 6. The molecule has 1 aliphatic heterocycles. The van der Waals surface area contributed by atoms with Gasteiger partial charge in [-0.1, -0.05) is 0 Å². The molecule has 1 aliphatic rings. The first-order chi connectivity index (χ1) is 11.6. The molecule has 24 heavy (non-hydrogen) atoms. The summed E-state index contributed by atoms with van der Waals surface area (Å²) < 4.78 is 10.2. The van der Waals surface area contributed by atoms with Crippen LogP contribution in [-0.4, -0.2) is 40.2 Å². The van der Waals surface area contributed by atoms with Gasteiger partial charge >= 0.3 is 6.09 Å². The Hall–Kier alpha value is -3.10. The van der Waals surface area contributed by atoms with Gasteiger partial charge in [0.15, 0.2) is 5.82 Å². The lowest BCUT2D eigenvalue weighted by atomic mass is 10.1. The molecule has 3 rings (SSSR count). The predicted octanol–water partition coefficient (Wildman–Crippen LogP) is 1.42. The second-order valence-electron chi connectivity index (χ2n) is 5.07. The van der Waals surface area contributed by atoms with E-state index in [4.69, 9.17) is 9.47 Å². The summed E-state index contributed by atoms with van der Waals surface area (Å²) in [5, 5.41) is 13.1. The topological polar surface area (TPSA) is 107 Å². The quantitative estimate of drug-likeness (QED) is 0.858. The molecule has 0 bridgehead atoms.